The van der Waals surface area contributed by atoms with E-state index in [9.17, 15) is 0 Å². The number of hydrogen-bond donors (Lipinski definition) is 0. The third-order valence-corrected chi connectivity index (χ3v) is 4.74. The van der Waals surface area contributed by atoms with E-state index in [0.29, 0.717) is 10.9 Å². The fourth-order valence-corrected chi connectivity index (χ4v) is 2.83. The van der Waals surface area contributed by atoms with Gasteiger partial charge in [-0.2, -0.15) is 0 Å². The van der Waals surface area contributed by atoms with Gasteiger partial charge in [-0.05, 0) is 0 Å². The molecule has 129 valence electrons. The van der Waals surface area contributed by atoms with Crippen LogP contribution in [0.4, 0.5) is 11.4 Å². The van der Waals surface area contributed by atoms with Gasteiger partial charge in [-0.15, -0.1) is 0 Å². The van der Waals surface area contributed by atoms with Crippen LogP contribution >= 0.6 is 11.6 Å². The number of hydrogen-bond acceptors (Lipinski definition) is 1. The number of rotatable bonds is 3. The molecule has 0 N–H and O–H groups in total. The van der Waals surface area contributed by atoms with Crippen LogP contribution < -0.4 is 4.90 Å². The molecular weight excluding hydrogens is 409 g/mol. The van der Waals surface area contributed by atoms with Gasteiger partial charge in [0.15, 0.2) is 0 Å². The van der Waals surface area contributed by atoms with Crippen LogP contribution in [0.5, 0.6) is 0 Å². The topological polar surface area (TPSA) is 28.0 Å². The summed E-state index contributed by atoms with van der Waals surface area (Å²) >= 11 is 9.06. The summed E-state index contributed by atoms with van der Waals surface area (Å²) in [7, 11) is 1.96. The van der Waals surface area contributed by atoms with Crippen LogP contribution in [0.25, 0.3) is 0 Å². The van der Waals surface area contributed by atoms with Crippen LogP contribution in [0.2, 0.25) is 5.02 Å². The van der Waals surface area contributed by atoms with Gasteiger partial charge >= 0.3 is 167 Å². The molecule has 26 heavy (non-hydrogen) atoms. The van der Waals surface area contributed by atoms with E-state index < -0.39 is 0 Å². The summed E-state index contributed by atoms with van der Waals surface area (Å²) in [6.07, 6.45) is 0. The molecule has 0 unspecified atom stereocenters. The second-order valence-corrected chi connectivity index (χ2v) is 6.77. The van der Waals surface area contributed by atoms with E-state index in [1.165, 1.54) is 0 Å². The van der Waals surface area contributed by atoms with Crippen molar-refractivity contribution < 1.29 is 0 Å². The van der Waals surface area contributed by atoms with Gasteiger partial charge in [-0.3, -0.25) is 0 Å². The van der Waals surface area contributed by atoms with Crippen LogP contribution in [0.15, 0.2) is 94.9 Å². The van der Waals surface area contributed by atoms with E-state index in [-0.39, 0.29) is 0 Å². The Kier molecular flexibility index (Phi) is 6.24. The second kappa shape index (κ2) is 8.81. The van der Waals surface area contributed by atoms with Crippen molar-refractivity contribution in [3.05, 3.63) is 95.5 Å². The van der Waals surface area contributed by atoms with Gasteiger partial charge < -0.3 is 0 Å². The molecule has 0 aliphatic heterocycles. The van der Waals surface area contributed by atoms with Crippen molar-refractivity contribution in [1.29, 1.82) is 0 Å². The van der Waals surface area contributed by atoms with Gasteiger partial charge in [0, 0.05) is 0 Å². The first-order chi connectivity index (χ1) is 12.6. The van der Waals surface area contributed by atoms with Gasteiger partial charge in [-0.25, -0.2) is 0 Å². The first-order valence-corrected chi connectivity index (χ1v) is 9.31. The Morgan fingerprint density at radius 1 is 0.846 bits per heavy atom. The number of nitrogens with zero attached hydrogens (tertiary/aromatic N) is 3. The molecule has 0 bridgehead atoms. The standard InChI is InChI=1S/C21H17ClN3Se/c1-25(19-10-6-3-7-11-19)21(26)24-20(16-12-14-17(22)15-13-16)23-18-8-4-2-5-9-18/h2-15H,1H3. The van der Waals surface area contributed by atoms with Crippen LogP contribution in [0, 0.1) is 0 Å². The van der Waals surface area contributed by atoms with Crippen molar-refractivity contribution in [2.24, 2.45) is 9.98 Å². The summed E-state index contributed by atoms with van der Waals surface area (Å²) in [5, 5.41) is 0.682. The minimum atomic E-state index is 0.615. The molecule has 0 amide bonds. The van der Waals surface area contributed by atoms with Gasteiger partial charge in [0.2, 0.25) is 0 Å². The molecule has 0 aliphatic carbocycles. The van der Waals surface area contributed by atoms with Crippen LogP contribution in [0.1, 0.15) is 5.56 Å². The first kappa shape index (κ1) is 18.4. The summed E-state index contributed by atoms with van der Waals surface area (Å²) in [6, 6.07) is 27.3. The molecule has 0 spiro atoms. The maximum atomic E-state index is 6.02. The Morgan fingerprint density at radius 2 is 1.42 bits per heavy atom. The summed E-state index contributed by atoms with van der Waals surface area (Å²) in [4.78, 5) is 11.4. The van der Waals surface area contributed by atoms with Gasteiger partial charge in [-0.1, -0.05) is 0 Å². The number of aliphatic imine (C=N–C) groups is 2. The zero-order valence-electron chi connectivity index (χ0n) is 14.2. The molecule has 1 radical (unpaired) electrons. The molecular formula is C21H17ClN3Se. The van der Waals surface area contributed by atoms with Crippen molar-refractivity contribution in [3.8, 4) is 0 Å². The molecule has 3 aromatic carbocycles. The van der Waals surface area contributed by atoms with Crippen LogP contribution in [0.3, 0.4) is 0 Å². The van der Waals surface area contributed by atoms with Gasteiger partial charge in [0.05, 0.1) is 0 Å². The first-order valence-electron chi connectivity index (χ1n) is 8.07. The van der Waals surface area contributed by atoms with E-state index in [2.05, 4.69) is 16.0 Å². The maximum absolute atomic E-state index is 6.02. The molecule has 0 heterocycles. The Balaban J connectivity index is 2.00. The van der Waals surface area contributed by atoms with Crippen molar-refractivity contribution in [2.75, 3.05) is 11.9 Å². The Hall–Kier alpha value is -2.39. The molecule has 5 heteroatoms. The number of para-hydroxylation sites is 2. The number of amidine groups is 2. The normalized spacial score (nSPS) is 12.1. The van der Waals surface area contributed by atoms with Gasteiger partial charge in [0.25, 0.3) is 0 Å². The number of halogens is 1. The number of anilines is 1. The van der Waals surface area contributed by atoms with E-state index in [1.54, 1.807) is 0 Å². The van der Waals surface area contributed by atoms with Crippen LogP contribution in [-0.2, 0) is 0 Å². The third-order valence-electron chi connectivity index (χ3n) is 3.73. The SMILES string of the molecule is CN(C([Se])=NC(=Nc1ccccc1)c1ccc(Cl)cc1)c1ccccc1. The fourth-order valence-electron chi connectivity index (χ4n) is 2.31. The Bertz CT molecular complexity index is 907. The quantitative estimate of drug-likeness (QED) is 0.327. The van der Waals surface area contributed by atoms with Crippen LogP contribution in [-0.4, -0.2) is 33.6 Å². The van der Waals surface area contributed by atoms with E-state index in [0.717, 1.165) is 21.7 Å². The van der Waals surface area contributed by atoms with E-state index in [4.69, 9.17) is 21.6 Å². The molecule has 0 saturated heterocycles. The fraction of sp³-hybridized carbons (Fsp3) is 0.0476. The second-order valence-electron chi connectivity index (χ2n) is 5.57. The predicted molar refractivity (Wildman–Crippen MR) is 112 cm³/mol. The Labute approximate surface area is 166 Å². The van der Waals surface area contributed by atoms with Crippen molar-refractivity contribution >= 4 is 49.6 Å². The molecule has 3 aromatic rings. The monoisotopic (exact) mass is 426 g/mol. The molecule has 0 fully saturated rings. The van der Waals surface area contributed by atoms with Crippen molar-refractivity contribution in [3.63, 3.8) is 0 Å². The Morgan fingerprint density at radius 3 is 2.04 bits per heavy atom. The molecule has 0 saturated carbocycles. The number of benzene rings is 3. The van der Waals surface area contributed by atoms with Crippen molar-refractivity contribution in [1.82, 2.24) is 0 Å². The summed E-state index contributed by atoms with van der Waals surface area (Å²) < 4.78 is 0.723. The third kappa shape index (κ3) is 4.83. The molecule has 0 atom stereocenters. The zero-order chi connectivity index (χ0) is 18.4. The molecule has 0 aliphatic rings. The molecule has 3 rings (SSSR count). The summed E-state index contributed by atoms with van der Waals surface area (Å²) in [5.74, 6) is 0.615. The van der Waals surface area contributed by atoms with Crippen molar-refractivity contribution in [2.45, 2.75) is 0 Å². The molecule has 0 aromatic heterocycles. The summed E-state index contributed by atoms with van der Waals surface area (Å²) in [6.45, 7) is 0. The summed E-state index contributed by atoms with van der Waals surface area (Å²) in [5.41, 5.74) is 2.78. The van der Waals surface area contributed by atoms with E-state index >= 15 is 0 Å². The van der Waals surface area contributed by atoms with E-state index in [1.807, 2.05) is 96.9 Å². The zero-order valence-corrected chi connectivity index (χ0v) is 16.7. The minimum absolute atomic E-state index is 0.615. The molecule has 3 nitrogen and oxygen atoms in total. The average molecular weight is 426 g/mol. The predicted octanol–water partition coefficient (Wildman–Crippen LogP) is 5.08. The van der Waals surface area contributed by atoms with Gasteiger partial charge in [0.1, 0.15) is 0 Å². The average Bonchev–Trinajstić information content (AvgIpc) is 2.69.